The van der Waals surface area contributed by atoms with Crippen molar-refractivity contribution in [2.24, 2.45) is 0 Å². The van der Waals surface area contributed by atoms with E-state index in [4.69, 9.17) is 0 Å². The molecule has 0 aliphatic rings. The van der Waals surface area contributed by atoms with Gasteiger partial charge in [-0.25, -0.2) is 0 Å². The molecule has 0 aliphatic heterocycles. The molecule has 1 atom stereocenters. The first-order valence-corrected chi connectivity index (χ1v) is 11.3. The van der Waals surface area contributed by atoms with Gasteiger partial charge < -0.3 is 4.90 Å². The van der Waals surface area contributed by atoms with E-state index >= 15 is 0 Å². The van der Waals surface area contributed by atoms with Crippen LogP contribution < -0.4 is 0 Å². The lowest BCUT2D eigenvalue weighted by molar-refractivity contribution is -0.128. The van der Waals surface area contributed by atoms with Crippen LogP contribution in [0.3, 0.4) is 0 Å². The average molecular weight is 435 g/mol. The van der Waals surface area contributed by atoms with Crippen LogP contribution in [0.25, 0.3) is 5.69 Å². The van der Waals surface area contributed by atoms with Crippen LogP contribution in [0.2, 0.25) is 0 Å². The van der Waals surface area contributed by atoms with E-state index in [-0.39, 0.29) is 5.91 Å². The highest BCUT2D eigenvalue weighted by atomic mass is 32.2. The van der Waals surface area contributed by atoms with E-state index in [2.05, 4.69) is 26.2 Å². The maximum atomic E-state index is 13.0. The van der Waals surface area contributed by atoms with E-state index in [1.165, 1.54) is 16.6 Å². The molecular formula is C23H22N4OS2. The van der Waals surface area contributed by atoms with Crippen LogP contribution in [0.5, 0.6) is 0 Å². The summed E-state index contributed by atoms with van der Waals surface area (Å²) in [7, 11) is 3.56. The van der Waals surface area contributed by atoms with Gasteiger partial charge in [0.25, 0.3) is 0 Å². The molecule has 2 aromatic carbocycles. The van der Waals surface area contributed by atoms with Gasteiger partial charge in [-0.3, -0.25) is 9.36 Å². The number of carbonyl (C=O) groups excluding carboxylic acids is 1. The van der Waals surface area contributed by atoms with Crippen molar-refractivity contribution in [3.05, 3.63) is 94.4 Å². The predicted octanol–water partition coefficient (Wildman–Crippen LogP) is 4.84. The molecule has 152 valence electrons. The second-order valence-electron chi connectivity index (χ2n) is 6.97. The fraction of sp³-hybridized carbons (Fsp3) is 0.174. The van der Waals surface area contributed by atoms with Crippen molar-refractivity contribution in [3.8, 4) is 5.69 Å². The van der Waals surface area contributed by atoms with Gasteiger partial charge in [0, 0.05) is 31.1 Å². The van der Waals surface area contributed by atoms with Gasteiger partial charge in [0.05, 0.1) is 0 Å². The van der Waals surface area contributed by atoms with Crippen molar-refractivity contribution in [2.75, 3.05) is 14.1 Å². The third-order valence-electron chi connectivity index (χ3n) is 4.62. The summed E-state index contributed by atoms with van der Waals surface area (Å²) in [6.07, 6.45) is 0.692. The highest BCUT2D eigenvalue weighted by Crippen LogP contribution is 2.37. The van der Waals surface area contributed by atoms with Crippen molar-refractivity contribution >= 4 is 29.0 Å². The molecule has 0 radical (unpaired) electrons. The summed E-state index contributed by atoms with van der Waals surface area (Å²) in [5, 5.41) is 11.4. The first-order chi connectivity index (χ1) is 14.6. The Morgan fingerprint density at radius 3 is 2.33 bits per heavy atom. The van der Waals surface area contributed by atoms with E-state index in [1.807, 2.05) is 66.7 Å². The van der Waals surface area contributed by atoms with Crippen molar-refractivity contribution < 1.29 is 4.79 Å². The molecule has 0 saturated carbocycles. The maximum absolute atomic E-state index is 13.0. The quantitative estimate of drug-likeness (QED) is 0.391. The van der Waals surface area contributed by atoms with Gasteiger partial charge in [-0.05, 0) is 29.1 Å². The zero-order valence-electron chi connectivity index (χ0n) is 16.8. The Hall–Kier alpha value is -2.90. The molecule has 4 rings (SSSR count). The number of aromatic nitrogens is 3. The summed E-state index contributed by atoms with van der Waals surface area (Å²) >= 11 is 3.14. The van der Waals surface area contributed by atoms with Crippen LogP contribution in [-0.4, -0.2) is 39.7 Å². The molecule has 4 aromatic rings. The lowest BCUT2D eigenvalue weighted by Gasteiger charge is -2.20. The highest BCUT2D eigenvalue weighted by molar-refractivity contribution is 8.00. The number of para-hydroxylation sites is 1. The molecule has 0 aliphatic carbocycles. The number of rotatable bonds is 7. The SMILES string of the molecule is CN(C)C(=O)C(Sc1nnc(Cc2cccs2)n1-c1ccccc1)c1ccccc1. The normalized spacial score (nSPS) is 11.9. The molecule has 1 unspecified atom stereocenters. The van der Waals surface area contributed by atoms with Crippen LogP contribution in [-0.2, 0) is 11.2 Å². The summed E-state index contributed by atoms with van der Waals surface area (Å²) in [5.41, 5.74) is 1.93. The number of hydrogen-bond donors (Lipinski definition) is 0. The van der Waals surface area contributed by atoms with Gasteiger partial charge in [-0.2, -0.15) is 0 Å². The fourth-order valence-electron chi connectivity index (χ4n) is 3.13. The van der Waals surface area contributed by atoms with E-state index in [0.29, 0.717) is 11.6 Å². The van der Waals surface area contributed by atoms with Crippen LogP contribution in [0.4, 0.5) is 0 Å². The van der Waals surface area contributed by atoms with Gasteiger partial charge >= 0.3 is 0 Å². The Kier molecular flexibility index (Phi) is 6.30. The third-order valence-corrected chi connectivity index (χ3v) is 6.68. The molecule has 0 spiro atoms. The molecule has 2 aromatic heterocycles. The molecule has 30 heavy (non-hydrogen) atoms. The minimum Gasteiger partial charge on any atom is -0.348 e. The number of carbonyl (C=O) groups is 1. The molecule has 0 saturated heterocycles. The number of thiophene rings is 1. The second-order valence-corrected chi connectivity index (χ2v) is 9.07. The molecular weight excluding hydrogens is 412 g/mol. The van der Waals surface area contributed by atoms with Gasteiger partial charge in [0.1, 0.15) is 11.1 Å². The molecule has 5 nitrogen and oxygen atoms in total. The van der Waals surface area contributed by atoms with Crippen molar-refractivity contribution in [1.29, 1.82) is 0 Å². The predicted molar refractivity (Wildman–Crippen MR) is 122 cm³/mol. The third kappa shape index (κ3) is 4.47. The van der Waals surface area contributed by atoms with Gasteiger partial charge in [0.2, 0.25) is 5.91 Å². The number of nitrogens with zero attached hydrogens (tertiary/aromatic N) is 4. The molecule has 0 bridgehead atoms. The Labute approximate surface area is 184 Å². The topological polar surface area (TPSA) is 51.0 Å². The van der Waals surface area contributed by atoms with Crippen molar-refractivity contribution in [3.63, 3.8) is 0 Å². The minimum absolute atomic E-state index is 0.0219. The number of hydrogen-bond acceptors (Lipinski definition) is 5. The number of thioether (sulfide) groups is 1. The molecule has 1 amide bonds. The van der Waals surface area contributed by atoms with Crippen LogP contribution in [0.1, 0.15) is 21.5 Å². The largest absolute Gasteiger partial charge is 0.348 e. The molecule has 7 heteroatoms. The second kappa shape index (κ2) is 9.28. The summed E-state index contributed by atoms with van der Waals surface area (Å²) < 4.78 is 2.06. The Balaban J connectivity index is 1.75. The monoisotopic (exact) mass is 434 g/mol. The minimum atomic E-state index is -0.401. The first-order valence-electron chi connectivity index (χ1n) is 9.58. The number of amides is 1. The van der Waals surface area contributed by atoms with E-state index < -0.39 is 5.25 Å². The summed E-state index contributed by atoms with van der Waals surface area (Å²) in [5.74, 6) is 0.879. The Morgan fingerprint density at radius 1 is 1.00 bits per heavy atom. The van der Waals surface area contributed by atoms with Crippen LogP contribution in [0.15, 0.2) is 83.3 Å². The van der Waals surface area contributed by atoms with Crippen LogP contribution in [0, 0.1) is 0 Å². The smallest absolute Gasteiger partial charge is 0.240 e. The highest BCUT2D eigenvalue weighted by Gasteiger charge is 2.27. The van der Waals surface area contributed by atoms with Gasteiger partial charge in [-0.1, -0.05) is 66.4 Å². The first kappa shape index (κ1) is 20.4. The zero-order chi connectivity index (χ0) is 20.9. The number of benzene rings is 2. The Bertz CT molecular complexity index is 1090. The zero-order valence-corrected chi connectivity index (χ0v) is 18.4. The Morgan fingerprint density at radius 2 is 1.70 bits per heavy atom. The average Bonchev–Trinajstić information content (AvgIpc) is 3.43. The standard InChI is InChI=1S/C23H22N4OS2/c1-26(2)22(28)21(17-10-5-3-6-11-17)30-23-25-24-20(16-19-14-9-15-29-19)27(23)18-12-7-4-8-13-18/h3-15,21H,16H2,1-2H3. The van der Waals surface area contributed by atoms with Crippen molar-refractivity contribution in [2.45, 2.75) is 16.8 Å². The summed E-state index contributed by atoms with van der Waals surface area (Å²) in [6, 6.07) is 24.0. The van der Waals surface area contributed by atoms with Crippen LogP contribution >= 0.6 is 23.1 Å². The van der Waals surface area contributed by atoms with Crippen molar-refractivity contribution in [1.82, 2.24) is 19.7 Å². The van der Waals surface area contributed by atoms with E-state index in [9.17, 15) is 4.79 Å². The maximum Gasteiger partial charge on any atom is 0.240 e. The summed E-state index contributed by atoms with van der Waals surface area (Å²) in [6.45, 7) is 0. The molecule has 0 N–H and O–H groups in total. The lowest BCUT2D eigenvalue weighted by atomic mass is 10.1. The fourth-order valence-corrected chi connectivity index (χ4v) is 5.05. The lowest BCUT2D eigenvalue weighted by Crippen LogP contribution is -2.27. The molecule has 2 heterocycles. The van der Waals surface area contributed by atoms with Gasteiger partial charge in [-0.15, -0.1) is 21.5 Å². The number of likely N-dealkylation sites (N-methyl/N-ethyl adjacent to an activating group) is 1. The van der Waals surface area contributed by atoms with Gasteiger partial charge in [0.15, 0.2) is 5.16 Å². The van der Waals surface area contributed by atoms with E-state index in [1.54, 1.807) is 30.3 Å². The van der Waals surface area contributed by atoms with E-state index in [0.717, 1.165) is 17.1 Å². The summed E-state index contributed by atoms with van der Waals surface area (Å²) in [4.78, 5) is 15.9. The molecule has 0 fully saturated rings.